The number of thiazole rings is 1. The Bertz CT molecular complexity index is 971. The minimum absolute atomic E-state index is 0.0551. The number of benzene rings is 1. The third-order valence-electron chi connectivity index (χ3n) is 4.13. The fourth-order valence-electron chi connectivity index (χ4n) is 2.89. The van der Waals surface area contributed by atoms with E-state index in [0.717, 1.165) is 11.3 Å². The Morgan fingerprint density at radius 1 is 1.19 bits per heavy atom. The molecule has 0 aliphatic carbocycles. The third kappa shape index (κ3) is 3.59. The summed E-state index contributed by atoms with van der Waals surface area (Å²) in [5.41, 5.74) is 4.16. The van der Waals surface area contributed by atoms with Crippen molar-refractivity contribution in [3.05, 3.63) is 52.2 Å². The number of anilines is 1. The summed E-state index contributed by atoms with van der Waals surface area (Å²) in [5, 5.41) is 5.25. The van der Waals surface area contributed by atoms with E-state index >= 15 is 0 Å². The van der Waals surface area contributed by atoms with Crippen LogP contribution in [0.5, 0.6) is 0 Å². The van der Waals surface area contributed by atoms with Crippen molar-refractivity contribution in [2.75, 3.05) is 11.6 Å². The quantitative estimate of drug-likeness (QED) is 0.482. The smallest absolute Gasteiger partial charge is 0.274 e. The summed E-state index contributed by atoms with van der Waals surface area (Å²) >= 11 is 3.06. The van der Waals surface area contributed by atoms with Crippen LogP contribution in [0.3, 0.4) is 0 Å². The lowest BCUT2D eigenvalue weighted by Crippen LogP contribution is -2.13. The second-order valence-corrected chi connectivity index (χ2v) is 7.64. The molecule has 1 amide bonds. The molecule has 0 spiro atoms. The van der Waals surface area contributed by atoms with Crippen molar-refractivity contribution in [2.24, 2.45) is 0 Å². The van der Waals surface area contributed by atoms with Gasteiger partial charge in [-0.05, 0) is 44.7 Å². The van der Waals surface area contributed by atoms with Crippen molar-refractivity contribution in [1.29, 1.82) is 0 Å². The summed E-state index contributed by atoms with van der Waals surface area (Å²) < 4.78 is 0. The molecule has 5 nitrogen and oxygen atoms in total. The number of hydrogen-bond acceptors (Lipinski definition) is 5. The van der Waals surface area contributed by atoms with Gasteiger partial charge < -0.3 is 4.98 Å². The van der Waals surface area contributed by atoms with Crippen molar-refractivity contribution >= 4 is 39.9 Å². The molecule has 0 atom stereocenters. The first-order valence-corrected chi connectivity index (χ1v) is 10.1. The first-order valence-electron chi connectivity index (χ1n) is 8.02. The molecule has 0 fully saturated rings. The molecule has 7 heteroatoms. The maximum absolute atomic E-state index is 12.6. The van der Waals surface area contributed by atoms with E-state index in [1.165, 1.54) is 23.2 Å². The van der Waals surface area contributed by atoms with E-state index in [2.05, 4.69) is 15.3 Å². The Hall–Kier alpha value is -2.38. The number of aromatic amines is 1. The molecule has 0 radical (unpaired) electrons. The van der Waals surface area contributed by atoms with Crippen LogP contribution in [0.1, 0.15) is 39.0 Å². The topological polar surface area (TPSA) is 74.8 Å². The van der Waals surface area contributed by atoms with Gasteiger partial charge in [0.1, 0.15) is 5.69 Å². The normalized spacial score (nSPS) is 10.8. The lowest BCUT2D eigenvalue weighted by molar-refractivity contribution is 0.101. The zero-order valence-electron chi connectivity index (χ0n) is 15.0. The molecule has 0 aliphatic heterocycles. The first-order chi connectivity index (χ1) is 12.4. The Morgan fingerprint density at radius 3 is 2.46 bits per heavy atom. The molecule has 3 rings (SSSR count). The highest BCUT2D eigenvalue weighted by Gasteiger charge is 2.20. The Labute approximate surface area is 160 Å². The van der Waals surface area contributed by atoms with Crippen LogP contribution in [0.15, 0.2) is 34.5 Å². The third-order valence-corrected chi connectivity index (χ3v) is 5.63. The molecule has 2 aromatic heterocycles. The Balaban J connectivity index is 1.80. The van der Waals surface area contributed by atoms with Gasteiger partial charge >= 0.3 is 0 Å². The largest absolute Gasteiger partial charge is 0.354 e. The number of rotatable bonds is 5. The van der Waals surface area contributed by atoms with E-state index < -0.39 is 0 Å². The maximum Gasteiger partial charge on any atom is 0.274 e. The second kappa shape index (κ2) is 7.47. The van der Waals surface area contributed by atoms with Gasteiger partial charge in [0.25, 0.3) is 5.91 Å². The molecule has 0 unspecified atom stereocenters. The molecule has 3 aromatic rings. The summed E-state index contributed by atoms with van der Waals surface area (Å²) in [4.78, 5) is 33.0. The van der Waals surface area contributed by atoms with Crippen molar-refractivity contribution in [2.45, 2.75) is 25.7 Å². The highest BCUT2D eigenvalue weighted by Crippen LogP contribution is 2.27. The summed E-state index contributed by atoms with van der Waals surface area (Å²) in [6, 6.07) is 8.13. The van der Waals surface area contributed by atoms with E-state index in [0.29, 0.717) is 27.6 Å². The van der Waals surface area contributed by atoms with Crippen LogP contribution < -0.4 is 5.32 Å². The summed E-state index contributed by atoms with van der Waals surface area (Å²) in [7, 11) is 0. The predicted molar refractivity (Wildman–Crippen MR) is 108 cm³/mol. The number of carbonyl (C=O) groups is 2. The number of aryl methyl sites for hydroxylation is 1. The monoisotopic (exact) mass is 385 g/mol. The SMILES string of the molecule is CSc1ccc(-c2csc(NC(=O)c3[nH]c(C)c(C(C)=O)c3C)n2)cc1. The molecule has 2 heterocycles. The summed E-state index contributed by atoms with van der Waals surface area (Å²) in [6.07, 6.45) is 2.04. The lowest BCUT2D eigenvalue weighted by Gasteiger charge is -2.02. The van der Waals surface area contributed by atoms with Crippen LogP contribution in [-0.4, -0.2) is 27.9 Å². The number of nitrogens with one attached hydrogen (secondary N) is 2. The summed E-state index contributed by atoms with van der Waals surface area (Å²) in [6.45, 7) is 5.07. The molecule has 0 saturated carbocycles. The van der Waals surface area contributed by atoms with Gasteiger partial charge in [-0.3, -0.25) is 14.9 Å². The average Bonchev–Trinajstić information content (AvgIpc) is 3.19. The molecule has 1 aromatic carbocycles. The summed E-state index contributed by atoms with van der Waals surface area (Å²) in [5.74, 6) is -0.350. The predicted octanol–water partition coefficient (Wildman–Crippen LogP) is 4.93. The average molecular weight is 386 g/mol. The molecule has 0 saturated heterocycles. The fourth-order valence-corrected chi connectivity index (χ4v) is 4.01. The number of thioether (sulfide) groups is 1. The standard InChI is InChI=1S/C19H19N3O2S2/c1-10-16(12(3)23)11(2)20-17(10)18(24)22-19-21-15(9-26-19)13-5-7-14(25-4)8-6-13/h5-9,20H,1-4H3,(H,21,22,24). The van der Waals surface area contributed by atoms with Crippen molar-refractivity contribution in [1.82, 2.24) is 9.97 Å². The van der Waals surface area contributed by atoms with E-state index in [9.17, 15) is 9.59 Å². The number of amides is 1. The number of ketones is 1. The maximum atomic E-state index is 12.6. The number of hydrogen-bond donors (Lipinski definition) is 2. The number of carbonyl (C=O) groups excluding carboxylic acids is 2. The molecule has 2 N–H and O–H groups in total. The van der Waals surface area contributed by atoms with Crippen LogP contribution in [0.2, 0.25) is 0 Å². The van der Waals surface area contributed by atoms with Crippen LogP contribution >= 0.6 is 23.1 Å². The van der Waals surface area contributed by atoms with E-state index in [1.807, 2.05) is 35.9 Å². The van der Waals surface area contributed by atoms with Gasteiger partial charge in [0, 0.05) is 27.1 Å². The number of nitrogens with zero attached hydrogens (tertiary/aromatic N) is 1. The van der Waals surface area contributed by atoms with Crippen molar-refractivity contribution in [3.8, 4) is 11.3 Å². The zero-order chi connectivity index (χ0) is 18.8. The first kappa shape index (κ1) is 18.4. The number of aromatic nitrogens is 2. The molecular formula is C19H19N3O2S2. The van der Waals surface area contributed by atoms with Gasteiger partial charge in [0.2, 0.25) is 0 Å². The van der Waals surface area contributed by atoms with Gasteiger partial charge in [-0.1, -0.05) is 12.1 Å². The van der Waals surface area contributed by atoms with Gasteiger partial charge in [-0.15, -0.1) is 23.1 Å². The van der Waals surface area contributed by atoms with Crippen LogP contribution in [-0.2, 0) is 0 Å². The Kier molecular flexibility index (Phi) is 5.29. The highest BCUT2D eigenvalue weighted by molar-refractivity contribution is 7.98. The van der Waals surface area contributed by atoms with Crippen LogP contribution in [0.25, 0.3) is 11.3 Å². The Morgan fingerprint density at radius 2 is 1.88 bits per heavy atom. The lowest BCUT2D eigenvalue weighted by atomic mass is 10.1. The zero-order valence-corrected chi connectivity index (χ0v) is 16.6. The molecule has 0 aliphatic rings. The van der Waals surface area contributed by atoms with E-state index in [1.54, 1.807) is 25.6 Å². The fraction of sp³-hybridized carbons (Fsp3) is 0.211. The van der Waals surface area contributed by atoms with Gasteiger partial charge in [-0.25, -0.2) is 4.98 Å². The molecule has 134 valence electrons. The number of Topliss-reactive ketones (excluding diaryl/α,β-unsaturated/α-hetero) is 1. The minimum atomic E-state index is -0.295. The van der Waals surface area contributed by atoms with Crippen molar-refractivity contribution < 1.29 is 9.59 Å². The van der Waals surface area contributed by atoms with Gasteiger partial charge in [-0.2, -0.15) is 0 Å². The molecule has 26 heavy (non-hydrogen) atoms. The van der Waals surface area contributed by atoms with E-state index in [4.69, 9.17) is 0 Å². The van der Waals surface area contributed by atoms with Crippen molar-refractivity contribution in [3.63, 3.8) is 0 Å². The van der Waals surface area contributed by atoms with Crippen LogP contribution in [0.4, 0.5) is 5.13 Å². The van der Waals surface area contributed by atoms with E-state index in [-0.39, 0.29) is 11.7 Å². The number of H-pyrrole nitrogens is 1. The molecular weight excluding hydrogens is 366 g/mol. The second-order valence-electron chi connectivity index (χ2n) is 5.90. The molecule has 0 bridgehead atoms. The minimum Gasteiger partial charge on any atom is -0.354 e. The highest BCUT2D eigenvalue weighted by atomic mass is 32.2. The van der Waals surface area contributed by atoms with Gasteiger partial charge in [0.05, 0.1) is 5.69 Å². The van der Waals surface area contributed by atoms with Crippen LogP contribution in [0, 0.1) is 13.8 Å². The van der Waals surface area contributed by atoms with Gasteiger partial charge in [0.15, 0.2) is 10.9 Å².